The monoisotopic (exact) mass is 474 g/mol. The molecule has 0 heterocycles. The zero-order valence-electron chi connectivity index (χ0n) is 18.8. The topological polar surface area (TPSA) is 162 Å². The smallest absolute Gasteiger partial charge is 0.338 e. The van der Waals surface area contributed by atoms with Gasteiger partial charge in [0.1, 0.15) is 11.4 Å². The quantitative estimate of drug-likeness (QED) is 0.282. The van der Waals surface area contributed by atoms with Crippen LogP contribution in [0.3, 0.4) is 0 Å². The molecule has 180 valence electrons. The van der Waals surface area contributed by atoms with Gasteiger partial charge in [-0.15, -0.1) is 0 Å². The molecule has 0 radical (unpaired) electrons. The van der Waals surface area contributed by atoms with Crippen molar-refractivity contribution in [3.63, 3.8) is 0 Å². The van der Waals surface area contributed by atoms with Crippen LogP contribution in [0.15, 0.2) is 36.4 Å². The Kier molecular flexibility index (Phi) is 8.20. The van der Waals surface area contributed by atoms with E-state index in [1.54, 1.807) is 28.2 Å². The Morgan fingerprint density at radius 2 is 1.09 bits per heavy atom. The summed E-state index contributed by atoms with van der Waals surface area (Å²) in [5.41, 5.74) is -0.319. The standard InChI is InChI=1S/C21H22N4O9/c1-22(2)16-7-5-13(9-18(16)24(29)30)20(27)33-11-15(26)12-34-21(28)14-6-8-17(23(3)4)19(10-14)25(31)32/h5-10H,11-12H2,1-4H3. The van der Waals surface area contributed by atoms with Gasteiger partial charge >= 0.3 is 11.9 Å². The summed E-state index contributed by atoms with van der Waals surface area (Å²) < 4.78 is 9.69. The number of nitro groups is 2. The Morgan fingerprint density at radius 1 is 0.735 bits per heavy atom. The van der Waals surface area contributed by atoms with Crippen molar-refractivity contribution in [1.29, 1.82) is 0 Å². The van der Waals surface area contributed by atoms with Crippen molar-refractivity contribution >= 4 is 40.5 Å². The first-order valence-electron chi connectivity index (χ1n) is 9.69. The number of Topliss-reactive ketones (excluding diaryl/α,β-unsaturated/α-hetero) is 1. The minimum absolute atomic E-state index is 0.129. The Hall–Kier alpha value is -4.55. The molecule has 0 saturated carbocycles. The lowest BCUT2D eigenvalue weighted by atomic mass is 10.1. The second-order valence-electron chi connectivity index (χ2n) is 7.40. The van der Waals surface area contributed by atoms with Crippen LogP contribution in [0.4, 0.5) is 22.7 Å². The Bertz CT molecular complexity index is 1060. The minimum atomic E-state index is -0.969. The number of ketones is 1. The van der Waals surface area contributed by atoms with E-state index in [1.165, 1.54) is 34.1 Å². The molecule has 0 aliphatic rings. The van der Waals surface area contributed by atoms with Crippen LogP contribution < -0.4 is 9.80 Å². The van der Waals surface area contributed by atoms with Gasteiger partial charge in [-0.1, -0.05) is 0 Å². The summed E-state index contributed by atoms with van der Waals surface area (Å²) in [7, 11) is 6.42. The largest absolute Gasteiger partial charge is 0.454 e. The van der Waals surface area contributed by atoms with Crippen LogP contribution >= 0.6 is 0 Å². The molecular weight excluding hydrogens is 452 g/mol. The predicted molar refractivity (Wildman–Crippen MR) is 120 cm³/mol. The highest BCUT2D eigenvalue weighted by Crippen LogP contribution is 2.29. The number of ether oxygens (including phenoxy) is 2. The van der Waals surface area contributed by atoms with Crippen molar-refractivity contribution in [2.75, 3.05) is 51.2 Å². The zero-order valence-corrected chi connectivity index (χ0v) is 18.8. The molecular formula is C21H22N4O9. The van der Waals surface area contributed by atoms with Crippen LogP contribution in [-0.4, -0.2) is 69.0 Å². The van der Waals surface area contributed by atoms with Gasteiger partial charge in [-0.05, 0) is 24.3 Å². The summed E-state index contributed by atoms with van der Waals surface area (Å²) >= 11 is 0. The Morgan fingerprint density at radius 3 is 1.38 bits per heavy atom. The number of nitrogens with zero attached hydrogens (tertiary/aromatic N) is 4. The highest BCUT2D eigenvalue weighted by molar-refractivity contribution is 5.95. The van der Waals surface area contributed by atoms with Crippen LogP contribution in [0.5, 0.6) is 0 Å². The highest BCUT2D eigenvalue weighted by atomic mass is 16.6. The van der Waals surface area contributed by atoms with Crippen molar-refractivity contribution in [3.05, 3.63) is 67.8 Å². The number of esters is 2. The molecule has 13 nitrogen and oxygen atoms in total. The number of carbonyl (C=O) groups is 3. The van der Waals surface area contributed by atoms with Crippen LogP contribution in [-0.2, 0) is 14.3 Å². The fraction of sp³-hybridized carbons (Fsp3) is 0.286. The lowest BCUT2D eigenvalue weighted by Gasteiger charge is -2.13. The first kappa shape index (κ1) is 25.7. The highest BCUT2D eigenvalue weighted by Gasteiger charge is 2.22. The number of hydrogen-bond acceptors (Lipinski definition) is 11. The summed E-state index contributed by atoms with van der Waals surface area (Å²) in [4.78, 5) is 60.5. The molecule has 0 fully saturated rings. The number of carbonyl (C=O) groups excluding carboxylic acids is 3. The SMILES string of the molecule is CN(C)c1ccc(C(=O)OCC(=O)COC(=O)c2ccc(N(C)C)c([N+](=O)[O-])c2)cc1[N+](=O)[O-]. The molecule has 34 heavy (non-hydrogen) atoms. The molecule has 0 aromatic heterocycles. The van der Waals surface area contributed by atoms with E-state index in [2.05, 4.69) is 0 Å². The van der Waals surface area contributed by atoms with Gasteiger partial charge in [0.2, 0.25) is 5.78 Å². The second kappa shape index (κ2) is 10.8. The van der Waals surface area contributed by atoms with E-state index < -0.39 is 40.8 Å². The molecule has 13 heteroatoms. The number of benzene rings is 2. The zero-order chi connectivity index (χ0) is 25.6. The van der Waals surface area contributed by atoms with Gasteiger partial charge < -0.3 is 19.3 Å². The van der Waals surface area contributed by atoms with E-state index in [0.29, 0.717) is 0 Å². The third-order valence-corrected chi connectivity index (χ3v) is 4.51. The summed E-state index contributed by atoms with van der Waals surface area (Å²) in [5.74, 6) is -2.70. The lowest BCUT2D eigenvalue weighted by Crippen LogP contribution is -2.21. The molecule has 0 bridgehead atoms. The van der Waals surface area contributed by atoms with E-state index in [0.717, 1.165) is 12.1 Å². The molecule has 0 aliphatic heterocycles. The Labute approximate surface area is 193 Å². The molecule has 2 aromatic carbocycles. The number of nitro benzene ring substituents is 2. The van der Waals surface area contributed by atoms with E-state index in [-0.39, 0.29) is 33.9 Å². The maximum Gasteiger partial charge on any atom is 0.338 e. The summed E-state index contributed by atoms with van der Waals surface area (Å²) in [5, 5.41) is 22.5. The fourth-order valence-corrected chi connectivity index (χ4v) is 2.85. The van der Waals surface area contributed by atoms with Gasteiger partial charge in [0.15, 0.2) is 13.2 Å². The number of anilines is 2. The second-order valence-corrected chi connectivity index (χ2v) is 7.40. The van der Waals surface area contributed by atoms with Gasteiger partial charge in [-0.2, -0.15) is 0 Å². The fourth-order valence-electron chi connectivity index (χ4n) is 2.85. The maximum absolute atomic E-state index is 12.2. The molecule has 0 amide bonds. The van der Waals surface area contributed by atoms with E-state index in [4.69, 9.17) is 9.47 Å². The third kappa shape index (κ3) is 6.25. The minimum Gasteiger partial charge on any atom is -0.454 e. The lowest BCUT2D eigenvalue weighted by molar-refractivity contribution is -0.384. The van der Waals surface area contributed by atoms with Crippen LogP contribution in [0.2, 0.25) is 0 Å². The molecule has 0 aliphatic carbocycles. The van der Waals surface area contributed by atoms with Crippen molar-refractivity contribution < 1.29 is 33.7 Å². The summed E-state index contributed by atoms with van der Waals surface area (Å²) in [6.07, 6.45) is 0. The van der Waals surface area contributed by atoms with Crippen molar-refractivity contribution in [3.8, 4) is 0 Å². The normalized spacial score (nSPS) is 10.2. The molecule has 0 unspecified atom stereocenters. The molecule has 0 atom stereocenters. The number of hydrogen-bond donors (Lipinski definition) is 0. The molecule has 0 spiro atoms. The number of rotatable bonds is 10. The van der Waals surface area contributed by atoms with E-state index >= 15 is 0 Å². The molecule has 0 N–H and O–H groups in total. The molecule has 2 aromatic rings. The molecule has 2 rings (SSSR count). The van der Waals surface area contributed by atoms with Gasteiger partial charge in [0.05, 0.1) is 21.0 Å². The average molecular weight is 474 g/mol. The summed E-state index contributed by atoms with van der Waals surface area (Å²) in [6, 6.07) is 7.45. The van der Waals surface area contributed by atoms with E-state index in [1.807, 2.05) is 0 Å². The van der Waals surface area contributed by atoms with Crippen molar-refractivity contribution in [1.82, 2.24) is 0 Å². The van der Waals surface area contributed by atoms with Gasteiger partial charge in [0, 0.05) is 40.3 Å². The predicted octanol–water partition coefficient (Wildman–Crippen LogP) is 2.22. The Balaban J connectivity index is 1.97. The maximum atomic E-state index is 12.2. The molecule has 0 saturated heterocycles. The van der Waals surface area contributed by atoms with Gasteiger partial charge in [0.25, 0.3) is 11.4 Å². The van der Waals surface area contributed by atoms with Crippen LogP contribution in [0.1, 0.15) is 20.7 Å². The van der Waals surface area contributed by atoms with E-state index in [9.17, 15) is 34.6 Å². The first-order chi connectivity index (χ1) is 15.9. The average Bonchev–Trinajstić information content (AvgIpc) is 2.79. The van der Waals surface area contributed by atoms with Crippen LogP contribution in [0.25, 0.3) is 0 Å². The van der Waals surface area contributed by atoms with Crippen molar-refractivity contribution in [2.24, 2.45) is 0 Å². The summed E-state index contributed by atoms with van der Waals surface area (Å²) in [6.45, 7) is -1.48. The third-order valence-electron chi connectivity index (χ3n) is 4.51. The van der Waals surface area contributed by atoms with Crippen molar-refractivity contribution in [2.45, 2.75) is 0 Å². The van der Waals surface area contributed by atoms with Gasteiger partial charge in [-0.25, -0.2) is 9.59 Å². The first-order valence-corrected chi connectivity index (χ1v) is 9.69. The van der Waals surface area contributed by atoms with Gasteiger partial charge in [-0.3, -0.25) is 25.0 Å². The van der Waals surface area contributed by atoms with Crippen LogP contribution in [0, 0.1) is 20.2 Å².